The zero-order valence-corrected chi connectivity index (χ0v) is 16.1. The summed E-state index contributed by atoms with van der Waals surface area (Å²) in [4.78, 5) is 18.3. The van der Waals surface area contributed by atoms with E-state index in [1.165, 1.54) is 23.3 Å². The number of halogens is 3. The maximum atomic E-state index is 13.6. The van der Waals surface area contributed by atoms with Crippen LogP contribution in [0.25, 0.3) is 11.0 Å². The van der Waals surface area contributed by atoms with Gasteiger partial charge in [-0.05, 0) is 43.3 Å². The molecule has 0 aliphatic carbocycles. The fraction of sp³-hybridized carbons (Fsp3) is 0.182. The molecule has 2 heterocycles. The lowest BCUT2D eigenvalue weighted by Gasteiger charge is -2.23. The zero-order valence-electron chi connectivity index (χ0n) is 16.1. The molecule has 0 atom stereocenters. The number of fused-ring (bicyclic) bond motifs is 1. The molecule has 0 aliphatic rings. The van der Waals surface area contributed by atoms with Gasteiger partial charge in [0.2, 0.25) is 11.7 Å². The number of para-hydroxylation sites is 2. The SMILES string of the molecule is Cc1ccc(N(Cc2ccco2)C(=O)Cn2c(C(F)(F)F)nc3ccccc32)cc1. The Balaban J connectivity index is 1.73. The predicted molar refractivity (Wildman–Crippen MR) is 106 cm³/mol. The number of aromatic nitrogens is 2. The van der Waals surface area contributed by atoms with Crippen LogP contribution >= 0.6 is 0 Å². The van der Waals surface area contributed by atoms with Gasteiger partial charge >= 0.3 is 6.18 Å². The molecule has 0 N–H and O–H groups in total. The number of nitrogens with zero attached hydrogens (tertiary/aromatic N) is 3. The highest BCUT2D eigenvalue weighted by atomic mass is 19.4. The molecule has 0 radical (unpaired) electrons. The third kappa shape index (κ3) is 3.94. The topological polar surface area (TPSA) is 51.3 Å². The van der Waals surface area contributed by atoms with Crippen LogP contribution in [0.3, 0.4) is 0 Å². The van der Waals surface area contributed by atoms with Crippen molar-refractivity contribution in [3.8, 4) is 0 Å². The van der Waals surface area contributed by atoms with Gasteiger partial charge in [0.1, 0.15) is 12.3 Å². The second kappa shape index (κ2) is 7.70. The molecule has 154 valence electrons. The summed E-state index contributed by atoms with van der Waals surface area (Å²) in [7, 11) is 0. The standard InChI is InChI=1S/C22H18F3N3O2/c1-15-8-10-16(11-9-15)27(13-17-5-4-12-30-17)20(29)14-28-19-7-3-2-6-18(19)26-21(28)22(23,24)25/h2-12H,13-14H2,1H3. The Morgan fingerprint density at radius 1 is 1.07 bits per heavy atom. The van der Waals surface area contributed by atoms with Crippen LogP contribution in [0.15, 0.2) is 71.3 Å². The van der Waals surface area contributed by atoms with Crippen molar-refractivity contribution in [2.24, 2.45) is 0 Å². The van der Waals surface area contributed by atoms with Crippen LogP contribution < -0.4 is 4.90 Å². The molecule has 2 aromatic carbocycles. The Morgan fingerprint density at radius 3 is 2.47 bits per heavy atom. The molecule has 4 rings (SSSR count). The molecule has 30 heavy (non-hydrogen) atoms. The molecule has 8 heteroatoms. The van der Waals surface area contributed by atoms with Gasteiger partial charge in [-0.25, -0.2) is 4.98 Å². The average Bonchev–Trinajstić information content (AvgIpc) is 3.35. The number of imidazole rings is 1. The van der Waals surface area contributed by atoms with E-state index in [1.807, 2.05) is 19.1 Å². The van der Waals surface area contributed by atoms with Gasteiger partial charge < -0.3 is 13.9 Å². The first-order chi connectivity index (χ1) is 14.3. The number of amides is 1. The van der Waals surface area contributed by atoms with Crippen molar-refractivity contribution in [2.75, 3.05) is 4.90 Å². The van der Waals surface area contributed by atoms with Crippen molar-refractivity contribution >= 4 is 22.6 Å². The summed E-state index contributed by atoms with van der Waals surface area (Å²) in [5, 5.41) is 0. The molecular formula is C22H18F3N3O2. The van der Waals surface area contributed by atoms with Crippen molar-refractivity contribution in [1.82, 2.24) is 9.55 Å². The Hall–Kier alpha value is -3.55. The molecule has 0 fully saturated rings. The first-order valence-corrected chi connectivity index (χ1v) is 9.25. The van der Waals surface area contributed by atoms with Crippen molar-refractivity contribution in [3.63, 3.8) is 0 Å². The Kier molecular flexibility index (Phi) is 5.07. The van der Waals surface area contributed by atoms with E-state index in [9.17, 15) is 18.0 Å². The number of hydrogen-bond acceptors (Lipinski definition) is 3. The summed E-state index contributed by atoms with van der Waals surface area (Å²) < 4.78 is 47.0. The molecule has 0 saturated heterocycles. The van der Waals surface area contributed by atoms with E-state index < -0.39 is 24.5 Å². The van der Waals surface area contributed by atoms with Crippen LogP contribution in [0, 0.1) is 6.92 Å². The summed E-state index contributed by atoms with van der Waals surface area (Å²) in [5.41, 5.74) is 2.01. The second-order valence-electron chi connectivity index (χ2n) is 6.90. The Bertz CT molecular complexity index is 1160. The van der Waals surface area contributed by atoms with E-state index in [0.717, 1.165) is 10.1 Å². The smallest absolute Gasteiger partial charge is 0.449 e. The van der Waals surface area contributed by atoms with Gasteiger partial charge in [-0.1, -0.05) is 29.8 Å². The van der Waals surface area contributed by atoms with Gasteiger partial charge in [-0.15, -0.1) is 0 Å². The van der Waals surface area contributed by atoms with Gasteiger partial charge in [0, 0.05) is 5.69 Å². The normalized spacial score (nSPS) is 11.7. The number of carbonyl (C=O) groups excluding carboxylic acids is 1. The highest BCUT2D eigenvalue weighted by Crippen LogP contribution is 2.32. The van der Waals surface area contributed by atoms with Gasteiger partial charge in [0.25, 0.3) is 0 Å². The van der Waals surface area contributed by atoms with Crippen LogP contribution in [-0.2, 0) is 24.1 Å². The average molecular weight is 413 g/mol. The lowest BCUT2D eigenvalue weighted by Crippen LogP contribution is -2.34. The minimum Gasteiger partial charge on any atom is -0.467 e. The molecule has 0 spiro atoms. The summed E-state index contributed by atoms with van der Waals surface area (Å²) >= 11 is 0. The van der Waals surface area contributed by atoms with E-state index in [1.54, 1.807) is 36.4 Å². The van der Waals surface area contributed by atoms with Crippen LogP contribution in [0.5, 0.6) is 0 Å². The quantitative estimate of drug-likeness (QED) is 0.452. The van der Waals surface area contributed by atoms with E-state index in [-0.39, 0.29) is 17.6 Å². The number of rotatable bonds is 5. The van der Waals surface area contributed by atoms with Crippen LogP contribution in [0.1, 0.15) is 17.1 Å². The van der Waals surface area contributed by atoms with E-state index in [2.05, 4.69) is 4.98 Å². The number of hydrogen-bond donors (Lipinski definition) is 0. The van der Waals surface area contributed by atoms with Gasteiger partial charge in [-0.2, -0.15) is 13.2 Å². The molecule has 0 bridgehead atoms. The van der Waals surface area contributed by atoms with Crippen molar-refractivity contribution < 1.29 is 22.4 Å². The summed E-state index contributed by atoms with van der Waals surface area (Å²) in [6.07, 6.45) is -3.20. The molecule has 5 nitrogen and oxygen atoms in total. The highest BCUT2D eigenvalue weighted by Gasteiger charge is 2.38. The largest absolute Gasteiger partial charge is 0.467 e. The molecule has 2 aromatic heterocycles. The summed E-state index contributed by atoms with van der Waals surface area (Å²) in [6, 6.07) is 16.8. The number of benzene rings is 2. The van der Waals surface area contributed by atoms with Crippen molar-refractivity contribution in [1.29, 1.82) is 0 Å². The summed E-state index contributed by atoms with van der Waals surface area (Å²) in [5.74, 6) is -1.08. The number of aryl methyl sites for hydroxylation is 1. The molecule has 1 amide bonds. The number of furan rings is 1. The zero-order chi connectivity index (χ0) is 21.3. The number of carbonyl (C=O) groups is 1. The maximum Gasteiger partial charge on any atom is 0.449 e. The predicted octanol–water partition coefficient (Wildman–Crippen LogP) is 5.19. The second-order valence-corrected chi connectivity index (χ2v) is 6.90. The van der Waals surface area contributed by atoms with Crippen LogP contribution in [-0.4, -0.2) is 15.5 Å². The van der Waals surface area contributed by atoms with Gasteiger partial charge in [0.05, 0.1) is 23.8 Å². The number of anilines is 1. The minimum atomic E-state index is -4.69. The first-order valence-electron chi connectivity index (χ1n) is 9.25. The van der Waals surface area contributed by atoms with Crippen LogP contribution in [0.2, 0.25) is 0 Å². The lowest BCUT2D eigenvalue weighted by molar-refractivity contribution is -0.147. The Morgan fingerprint density at radius 2 is 1.80 bits per heavy atom. The fourth-order valence-electron chi connectivity index (χ4n) is 3.28. The third-order valence-electron chi connectivity index (χ3n) is 4.74. The molecular weight excluding hydrogens is 395 g/mol. The monoisotopic (exact) mass is 413 g/mol. The molecule has 4 aromatic rings. The molecule has 0 aliphatic heterocycles. The minimum absolute atomic E-state index is 0.100. The van der Waals surface area contributed by atoms with E-state index >= 15 is 0 Å². The first kappa shape index (κ1) is 19.8. The van der Waals surface area contributed by atoms with E-state index in [0.29, 0.717) is 11.4 Å². The lowest BCUT2D eigenvalue weighted by atomic mass is 10.2. The van der Waals surface area contributed by atoms with E-state index in [4.69, 9.17) is 4.42 Å². The van der Waals surface area contributed by atoms with Crippen molar-refractivity contribution in [2.45, 2.75) is 26.2 Å². The van der Waals surface area contributed by atoms with Crippen molar-refractivity contribution in [3.05, 3.63) is 84.1 Å². The van der Waals surface area contributed by atoms with Gasteiger partial charge in [0.15, 0.2) is 0 Å². The van der Waals surface area contributed by atoms with Gasteiger partial charge in [-0.3, -0.25) is 4.79 Å². The third-order valence-corrected chi connectivity index (χ3v) is 4.74. The molecule has 0 saturated carbocycles. The molecule has 0 unspecified atom stereocenters. The van der Waals surface area contributed by atoms with Crippen LogP contribution in [0.4, 0.5) is 18.9 Å². The number of alkyl halides is 3. The fourth-order valence-corrected chi connectivity index (χ4v) is 3.28. The summed E-state index contributed by atoms with van der Waals surface area (Å²) in [6.45, 7) is 1.50. The Labute approximate surface area is 170 Å². The maximum absolute atomic E-state index is 13.6. The highest BCUT2D eigenvalue weighted by molar-refractivity contribution is 5.94.